The number of nitrogens with one attached hydrogen (secondary N) is 2. The van der Waals surface area contributed by atoms with Gasteiger partial charge in [0.1, 0.15) is 17.6 Å². The van der Waals surface area contributed by atoms with E-state index in [1.165, 1.54) is 19.2 Å². The number of pyridine rings is 1. The smallest absolute Gasteiger partial charge is 0.238 e. The van der Waals surface area contributed by atoms with Gasteiger partial charge in [-0.2, -0.15) is 0 Å². The van der Waals surface area contributed by atoms with E-state index in [0.717, 1.165) is 17.9 Å². The number of methoxy groups -OCH3 is 1. The average molecular weight is 513 g/mol. The van der Waals surface area contributed by atoms with Crippen molar-refractivity contribution in [2.45, 2.75) is 23.5 Å². The van der Waals surface area contributed by atoms with Gasteiger partial charge in [-0.25, -0.2) is 22.9 Å². The fourth-order valence-corrected chi connectivity index (χ4v) is 4.70. The molecule has 0 spiro atoms. The lowest BCUT2D eigenvalue weighted by atomic mass is 10.0. The fourth-order valence-electron chi connectivity index (χ4n) is 4.17. The van der Waals surface area contributed by atoms with E-state index < -0.39 is 16.2 Å². The van der Waals surface area contributed by atoms with E-state index >= 15 is 0 Å². The number of rotatable bonds is 7. The van der Waals surface area contributed by atoms with Crippen molar-refractivity contribution in [1.29, 1.82) is 0 Å². The van der Waals surface area contributed by atoms with Gasteiger partial charge < -0.3 is 20.3 Å². The number of aromatic nitrogens is 2. The number of nitrogens with zero attached hydrogens (tertiary/aromatic N) is 3. The van der Waals surface area contributed by atoms with Crippen LogP contribution in [0, 0.1) is 11.8 Å². The SMILES string of the molecule is C=Cc1c(C#CCNc2ccc(S(N)(=O)=O)cc2OC)nc2c(N[C@@H]3CCN(C)C[C@@H]3F)cccn12. The zero-order valence-electron chi connectivity index (χ0n) is 20.2. The maximum absolute atomic E-state index is 14.6. The predicted octanol–water partition coefficient (Wildman–Crippen LogP) is 2.55. The first-order valence-electron chi connectivity index (χ1n) is 11.4. The first-order chi connectivity index (χ1) is 17.2. The summed E-state index contributed by atoms with van der Waals surface area (Å²) < 4.78 is 44.9. The summed E-state index contributed by atoms with van der Waals surface area (Å²) in [6.45, 7) is 5.37. The summed E-state index contributed by atoms with van der Waals surface area (Å²) in [6.07, 6.45) is 3.28. The average Bonchev–Trinajstić information content (AvgIpc) is 3.21. The molecular weight excluding hydrogens is 483 g/mol. The normalized spacial score (nSPS) is 18.3. The van der Waals surface area contributed by atoms with Crippen molar-refractivity contribution >= 4 is 33.1 Å². The maximum atomic E-state index is 14.6. The summed E-state index contributed by atoms with van der Waals surface area (Å²) in [5.74, 6) is 6.42. The quantitative estimate of drug-likeness (QED) is 0.417. The minimum atomic E-state index is -3.84. The third kappa shape index (κ3) is 5.46. The molecule has 2 aromatic heterocycles. The molecule has 4 N–H and O–H groups in total. The summed E-state index contributed by atoms with van der Waals surface area (Å²) >= 11 is 0. The number of imidazole rings is 1. The Hall–Kier alpha value is -3.59. The molecule has 36 heavy (non-hydrogen) atoms. The van der Waals surface area contributed by atoms with Crippen molar-refractivity contribution in [1.82, 2.24) is 14.3 Å². The Balaban J connectivity index is 1.54. The van der Waals surface area contributed by atoms with E-state index in [0.29, 0.717) is 35.7 Å². The van der Waals surface area contributed by atoms with Crippen LogP contribution < -0.4 is 20.5 Å². The lowest BCUT2D eigenvalue weighted by molar-refractivity contribution is 0.149. The van der Waals surface area contributed by atoms with Crippen LogP contribution in [0.25, 0.3) is 11.7 Å². The minimum Gasteiger partial charge on any atom is -0.495 e. The first kappa shape index (κ1) is 25.5. The van der Waals surface area contributed by atoms with Gasteiger partial charge >= 0.3 is 0 Å². The highest BCUT2D eigenvalue weighted by atomic mass is 32.2. The topological polar surface area (TPSA) is 114 Å². The van der Waals surface area contributed by atoms with Gasteiger partial charge in [0.15, 0.2) is 5.65 Å². The third-order valence-corrected chi connectivity index (χ3v) is 6.95. The Morgan fingerprint density at radius 2 is 2.17 bits per heavy atom. The van der Waals surface area contributed by atoms with Crippen LogP contribution in [0.4, 0.5) is 15.8 Å². The lowest BCUT2D eigenvalue weighted by Gasteiger charge is -2.33. The number of benzene rings is 1. The molecule has 4 rings (SSSR count). The van der Waals surface area contributed by atoms with Crippen molar-refractivity contribution in [3.63, 3.8) is 0 Å². The molecule has 0 saturated carbocycles. The summed E-state index contributed by atoms with van der Waals surface area (Å²) in [5.41, 5.74) is 3.23. The molecule has 0 amide bonds. The number of sulfonamides is 1. The highest BCUT2D eigenvalue weighted by Gasteiger charge is 2.28. The number of fused-ring (bicyclic) bond motifs is 1. The van der Waals surface area contributed by atoms with Crippen LogP contribution in [0.15, 0.2) is 48.0 Å². The Labute approximate surface area is 210 Å². The van der Waals surface area contributed by atoms with Crippen molar-refractivity contribution in [2.24, 2.45) is 5.14 Å². The van der Waals surface area contributed by atoms with Crippen LogP contribution in [0.2, 0.25) is 0 Å². The molecule has 1 saturated heterocycles. The summed E-state index contributed by atoms with van der Waals surface area (Å²) in [4.78, 5) is 6.64. The molecule has 3 aromatic rings. The molecule has 0 aliphatic carbocycles. The largest absolute Gasteiger partial charge is 0.495 e. The van der Waals surface area contributed by atoms with Crippen LogP contribution in [0.1, 0.15) is 17.8 Å². The van der Waals surface area contributed by atoms with E-state index in [2.05, 4.69) is 29.1 Å². The summed E-state index contributed by atoms with van der Waals surface area (Å²) in [5, 5.41) is 11.6. The number of likely N-dealkylation sites (tertiary alicyclic amines) is 1. The number of halogens is 1. The van der Waals surface area contributed by atoms with E-state index in [-0.39, 0.29) is 17.5 Å². The fraction of sp³-hybridized carbons (Fsp3) is 0.320. The molecule has 1 aromatic carbocycles. The van der Waals surface area contributed by atoms with Crippen LogP contribution in [0.3, 0.4) is 0 Å². The second kappa shape index (κ2) is 10.6. The Morgan fingerprint density at radius 1 is 1.36 bits per heavy atom. The molecule has 0 bridgehead atoms. The van der Waals surface area contributed by atoms with Crippen molar-refractivity contribution < 1.29 is 17.5 Å². The molecular formula is C25H29FN6O3S. The van der Waals surface area contributed by atoms with Gasteiger partial charge in [0.2, 0.25) is 10.0 Å². The first-order valence-corrected chi connectivity index (χ1v) is 12.9. The molecule has 0 radical (unpaired) electrons. The van der Waals surface area contributed by atoms with Crippen molar-refractivity contribution in [3.8, 4) is 17.6 Å². The zero-order valence-corrected chi connectivity index (χ0v) is 21.0. The molecule has 3 heterocycles. The van der Waals surface area contributed by atoms with E-state index in [4.69, 9.17) is 14.9 Å². The highest BCUT2D eigenvalue weighted by molar-refractivity contribution is 7.89. The van der Waals surface area contributed by atoms with Gasteiger partial charge in [-0.15, -0.1) is 0 Å². The number of piperidine rings is 1. The monoisotopic (exact) mass is 512 g/mol. The molecule has 1 aliphatic rings. The van der Waals surface area contributed by atoms with Gasteiger partial charge in [-0.05, 0) is 49.7 Å². The van der Waals surface area contributed by atoms with Crippen molar-refractivity contribution in [2.75, 3.05) is 44.4 Å². The maximum Gasteiger partial charge on any atom is 0.238 e. The Bertz CT molecular complexity index is 1440. The Kier molecular flexibility index (Phi) is 7.49. The molecule has 11 heteroatoms. The van der Waals surface area contributed by atoms with Crippen LogP contribution >= 0.6 is 0 Å². The summed E-state index contributed by atoms with van der Waals surface area (Å²) in [7, 11) is -0.477. The van der Waals surface area contributed by atoms with Crippen LogP contribution in [-0.4, -0.2) is 68.7 Å². The lowest BCUT2D eigenvalue weighted by Crippen LogP contribution is -2.46. The molecule has 9 nitrogen and oxygen atoms in total. The number of primary sulfonamides is 1. The number of anilines is 2. The van der Waals surface area contributed by atoms with Crippen LogP contribution in [-0.2, 0) is 10.0 Å². The predicted molar refractivity (Wildman–Crippen MR) is 139 cm³/mol. The zero-order chi connectivity index (χ0) is 25.9. The number of hydrogen-bond donors (Lipinski definition) is 3. The van der Waals surface area contributed by atoms with E-state index in [1.807, 2.05) is 34.7 Å². The minimum absolute atomic E-state index is 0.0416. The number of alkyl halides is 1. The standard InChI is InChI=1S/C25H29FN6O3S/c1-4-23-20(7-5-12-28-21-10-9-17(36(27,33)34)15-24(21)35-3)30-25-22(8-6-13-32(23)25)29-19-11-14-31(2)16-18(19)26/h4,6,8-10,13,15,18-19,28-29H,1,11-12,14,16H2,2-3H3,(H2,27,33,34)/t18-,19+/m0/s1. The second-order valence-electron chi connectivity index (χ2n) is 8.55. The number of nitrogens with two attached hydrogens (primary N) is 1. The van der Waals surface area contributed by atoms with Crippen molar-refractivity contribution in [3.05, 3.63) is 54.5 Å². The molecule has 1 aliphatic heterocycles. The van der Waals surface area contributed by atoms with Gasteiger partial charge in [0.05, 0.1) is 41.7 Å². The van der Waals surface area contributed by atoms with Gasteiger partial charge in [0, 0.05) is 25.4 Å². The molecule has 0 unspecified atom stereocenters. The summed E-state index contributed by atoms with van der Waals surface area (Å²) in [6, 6.07) is 7.79. The Morgan fingerprint density at radius 3 is 2.86 bits per heavy atom. The molecule has 2 atom stereocenters. The number of hydrogen-bond acceptors (Lipinski definition) is 7. The van der Waals surface area contributed by atoms with Gasteiger partial charge in [0.25, 0.3) is 0 Å². The molecule has 1 fully saturated rings. The van der Waals surface area contributed by atoms with E-state index in [9.17, 15) is 12.8 Å². The highest BCUT2D eigenvalue weighted by Crippen LogP contribution is 2.27. The van der Waals surface area contributed by atoms with Gasteiger partial charge in [-0.1, -0.05) is 12.5 Å². The third-order valence-electron chi connectivity index (χ3n) is 6.04. The second-order valence-corrected chi connectivity index (χ2v) is 10.1. The van der Waals surface area contributed by atoms with E-state index in [1.54, 1.807) is 12.1 Å². The number of ether oxygens (including phenoxy) is 1. The van der Waals surface area contributed by atoms with Crippen LogP contribution in [0.5, 0.6) is 5.75 Å². The molecule has 190 valence electrons. The van der Waals surface area contributed by atoms with Gasteiger partial charge in [-0.3, -0.25) is 4.40 Å².